The second kappa shape index (κ2) is 6.48. The summed E-state index contributed by atoms with van der Waals surface area (Å²) < 4.78 is 0. The molecular weight excluding hydrogens is 208 g/mol. The molecule has 0 unspecified atom stereocenters. The summed E-state index contributed by atoms with van der Waals surface area (Å²) in [6.45, 7) is 1.78. The summed E-state index contributed by atoms with van der Waals surface area (Å²) in [6, 6.07) is 0. The number of carbonyl (C=O) groups is 2. The van der Waals surface area contributed by atoms with Gasteiger partial charge in [0.15, 0.2) is 0 Å². The largest absolute Gasteiger partial charge is 0.481 e. The van der Waals surface area contributed by atoms with Crippen LogP contribution in [0.25, 0.3) is 0 Å². The van der Waals surface area contributed by atoms with E-state index in [1.807, 2.05) is 0 Å². The van der Waals surface area contributed by atoms with Crippen LogP contribution in [0.1, 0.15) is 32.1 Å². The maximum Gasteiger partial charge on any atom is 0.306 e. The molecule has 1 saturated heterocycles. The highest BCUT2D eigenvalue weighted by molar-refractivity contribution is 5.77. The van der Waals surface area contributed by atoms with E-state index in [0.717, 1.165) is 12.8 Å². The summed E-state index contributed by atoms with van der Waals surface area (Å²) in [5.41, 5.74) is 5.35. The summed E-state index contributed by atoms with van der Waals surface area (Å²) in [6.07, 6.45) is 3.40. The number of hydrogen-bond donors (Lipinski definition) is 2. The van der Waals surface area contributed by atoms with Gasteiger partial charge in [-0.25, -0.2) is 0 Å². The minimum atomic E-state index is -0.741. The van der Waals surface area contributed by atoms with Crippen LogP contribution in [0.2, 0.25) is 0 Å². The number of unbranched alkanes of at least 4 members (excludes halogenated alkanes) is 1. The van der Waals surface area contributed by atoms with Crippen molar-refractivity contribution in [1.29, 1.82) is 0 Å². The van der Waals surface area contributed by atoms with E-state index in [-0.39, 0.29) is 11.8 Å². The Morgan fingerprint density at radius 3 is 2.38 bits per heavy atom. The quantitative estimate of drug-likeness (QED) is 0.669. The first-order valence-electron chi connectivity index (χ1n) is 5.85. The van der Waals surface area contributed by atoms with Crippen LogP contribution in [0.3, 0.4) is 0 Å². The van der Waals surface area contributed by atoms with Crippen molar-refractivity contribution in [2.24, 2.45) is 11.7 Å². The number of rotatable bonds is 5. The number of carboxylic acids is 1. The number of likely N-dealkylation sites (tertiary alicyclic amines) is 1. The number of aliphatic carboxylic acids is 1. The minimum absolute atomic E-state index is 0.136. The Bertz CT molecular complexity index is 248. The number of carboxylic acid groups (broad SMARTS) is 1. The molecule has 0 radical (unpaired) electrons. The number of carbonyl (C=O) groups excluding carboxylic acids is 1. The van der Waals surface area contributed by atoms with Crippen molar-refractivity contribution in [3.63, 3.8) is 0 Å². The van der Waals surface area contributed by atoms with E-state index in [0.29, 0.717) is 38.9 Å². The van der Waals surface area contributed by atoms with E-state index in [1.165, 1.54) is 0 Å². The van der Waals surface area contributed by atoms with Crippen LogP contribution in [0.4, 0.5) is 0 Å². The topological polar surface area (TPSA) is 83.6 Å². The fraction of sp³-hybridized carbons (Fsp3) is 0.818. The maximum atomic E-state index is 11.7. The van der Waals surface area contributed by atoms with E-state index in [2.05, 4.69) is 0 Å². The SMILES string of the molecule is NCCCCC(=O)N1CCC(C(=O)O)CC1. The molecule has 16 heavy (non-hydrogen) atoms. The summed E-state index contributed by atoms with van der Waals surface area (Å²) >= 11 is 0. The first-order valence-corrected chi connectivity index (χ1v) is 5.85. The average molecular weight is 228 g/mol. The second-order valence-electron chi connectivity index (χ2n) is 4.24. The van der Waals surface area contributed by atoms with Gasteiger partial charge in [-0.15, -0.1) is 0 Å². The van der Waals surface area contributed by atoms with Crippen molar-refractivity contribution in [3.8, 4) is 0 Å². The Morgan fingerprint density at radius 2 is 1.88 bits per heavy atom. The van der Waals surface area contributed by atoms with Crippen LogP contribution in [-0.4, -0.2) is 41.5 Å². The highest BCUT2D eigenvalue weighted by Gasteiger charge is 2.26. The van der Waals surface area contributed by atoms with E-state index in [4.69, 9.17) is 10.8 Å². The van der Waals surface area contributed by atoms with Gasteiger partial charge in [0, 0.05) is 19.5 Å². The highest BCUT2D eigenvalue weighted by Crippen LogP contribution is 2.18. The van der Waals surface area contributed by atoms with Gasteiger partial charge in [-0.3, -0.25) is 9.59 Å². The molecule has 1 heterocycles. The van der Waals surface area contributed by atoms with E-state index in [1.54, 1.807) is 4.90 Å². The van der Waals surface area contributed by atoms with Gasteiger partial charge >= 0.3 is 5.97 Å². The van der Waals surface area contributed by atoms with Gasteiger partial charge < -0.3 is 15.7 Å². The summed E-state index contributed by atoms with van der Waals surface area (Å²) in [5, 5.41) is 8.82. The van der Waals surface area contributed by atoms with Gasteiger partial charge in [0.2, 0.25) is 5.91 Å². The standard InChI is InChI=1S/C11H20N2O3/c12-6-2-1-3-10(14)13-7-4-9(5-8-13)11(15)16/h9H,1-8,12H2,(H,15,16). The molecule has 0 spiro atoms. The molecule has 5 nitrogen and oxygen atoms in total. The fourth-order valence-electron chi connectivity index (χ4n) is 1.95. The van der Waals surface area contributed by atoms with Gasteiger partial charge in [-0.1, -0.05) is 0 Å². The zero-order valence-electron chi connectivity index (χ0n) is 9.52. The molecule has 5 heteroatoms. The van der Waals surface area contributed by atoms with Crippen molar-refractivity contribution in [3.05, 3.63) is 0 Å². The molecule has 3 N–H and O–H groups in total. The minimum Gasteiger partial charge on any atom is -0.481 e. The first kappa shape index (κ1) is 13.0. The molecule has 0 bridgehead atoms. The van der Waals surface area contributed by atoms with Crippen molar-refractivity contribution < 1.29 is 14.7 Å². The molecule has 1 fully saturated rings. The van der Waals surface area contributed by atoms with Crippen molar-refractivity contribution >= 4 is 11.9 Å². The van der Waals surface area contributed by atoms with Gasteiger partial charge in [-0.2, -0.15) is 0 Å². The van der Waals surface area contributed by atoms with Gasteiger partial charge in [0.25, 0.3) is 0 Å². The van der Waals surface area contributed by atoms with E-state index >= 15 is 0 Å². The molecule has 0 aromatic heterocycles. The second-order valence-corrected chi connectivity index (χ2v) is 4.24. The molecule has 1 rings (SSSR count). The third-order valence-corrected chi connectivity index (χ3v) is 3.04. The van der Waals surface area contributed by atoms with Crippen LogP contribution in [-0.2, 0) is 9.59 Å². The monoisotopic (exact) mass is 228 g/mol. The molecule has 0 atom stereocenters. The molecular formula is C11H20N2O3. The van der Waals surface area contributed by atoms with Crippen LogP contribution in [0.5, 0.6) is 0 Å². The maximum absolute atomic E-state index is 11.7. The van der Waals surface area contributed by atoms with Crippen molar-refractivity contribution in [2.45, 2.75) is 32.1 Å². The Balaban J connectivity index is 2.25. The van der Waals surface area contributed by atoms with E-state index in [9.17, 15) is 9.59 Å². The lowest BCUT2D eigenvalue weighted by Crippen LogP contribution is -2.40. The number of piperidine rings is 1. The van der Waals surface area contributed by atoms with Gasteiger partial charge in [-0.05, 0) is 32.2 Å². The van der Waals surface area contributed by atoms with Crippen molar-refractivity contribution in [2.75, 3.05) is 19.6 Å². The van der Waals surface area contributed by atoms with Crippen LogP contribution >= 0.6 is 0 Å². The van der Waals surface area contributed by atoms with Gasteiger partial charge in [0.1, 0.15) is 0 Å². The summed E-state index contributed by atoms with van der Waals surface area (Å²) in [5.74, 6) is -0.874. The van der Waals surface area contributed by atoms with Crippen LogP contribution < -0.4 is 5.73 Å². The lowest BCUT2D eigenvalue weighted by molar-refractivity contribution is -0.145. The number of nitrogens with two attached hydrogens (primary N) is 1. The highest BCUT2D eigenvalue weighted by atomic mass is 16.4. The molecule has 92 valence electrons. The Kier molecular flexibility index (Phi) is 5.25. The Hall–Kier alpha value is -1.10. The predicted octanol–water partition coefficient (Wildman–Crippen LogP) is 0.439. The number of nitrogens with zero attached hydrogens (tertiary/aromatic N) is 1. The fourth-order valence-corrected chi connectivity index (χ4v) is 1.95. The normalized spacial score (nSPS) is 17.4. The Morgan fingerprint density at radius 1 is 1.25 bits per heavy atom. The zero-order valence-corrected chi connectivity index (χ0v) is 9.52. The Labute approximate surface area is 95.6 Å². The predicted molar refractivity (Wildman–Crippen MR) is 59.8 cm³/mol. The molecule has 0 aliphatic carbocycles. The molecule has 0 aromatic rings. The molecule has 1 aliphatic heterocycles. The number of amides is 1. The third kappa shape index (κ3) is 3.81. The van der Waals surface area contributed by atoms with Crippen LogP contribution in [0.15, 0.2) is 0 Å². The molecule has 0 saturated carbocycles. The molecule has 1 aliphatic rings. The average Bonchev–Trinajstić information content (AvgIpc) is 2.29. The zero-order chi connectivity index (χ0) is 12.0. The summed E-state index contributed by atoms with van der Waals surface area (Å²) in [4.78, 5) is 24.2. The lowest BCUT2D eigenvalue weighted by Gasteiger charge is -2.30. The number of hydrogen-bond acceptors (Lipinski definition) is 3. The van der Waals surface area contributed by atoms with Crippen molar-refractivity contribution in [1.82, 2.24) is 4.90 Å². The molecule has 0 aromatic carbocycles. The van der Waals surface area contributed by atoms with Crippen LogP contribution in [0, 0.1) is 5.92 Å². The smallest absolute Gasteiger partial charge is 0.306 e. The molecule has 1 amide bonds. The first-order chi connectivity index (χ1) is 7.65. The third-order valence-electron chi connectivity index (χ3n) is 3.04. The van der Waals surface area contributed by atoms with E-state index < -0.39 is 5.97 Å². The summed E-state index contributed by atoms with van der Waals surface area (Å²) in [7, 11) is 0. The van der Waals surface area contributed by atoms with Gasteiger partial charge in [0.05, 0.1) is 5.92 Å². The lowest BCUT2D eigenvalue weighted by atomic mass is 9.97.